The first-order chi connectivity index (χ1) is 16.9. The van der Waals surface area contributed by atoms with Crippen molar-refractivity contribution in [2.24, 2.45) is 5.73 Å². The summed E-state index contributed by atoms with van der Waals surface area (Å²) in [5.41, 5.74) is 9.45. The molecule has 0 aliphatic rings. The summed E-state index contributed by atoms with van der Waals surface area (Å²) in [6.07, 6.45) is 0. The number of carbonyl (C=O) groups is 2. The van der Waals surface area contributed by atoms with Crippen molar-refractivity contribution >= 4 is 39.3 Å². The van der Waals surface area contributed by atoms with Crippen molar-refractivity contribution in [1.29, 1.82) is 5.41 Å². The monoisotopic (exact) mass is 527 g/mol. The van der Waals surface area contributed by atoms with Gasteiger partial charge < -0.3 is 15.8 Å². The second-order valence-corrected chi connectivity index (χ2v) is 8.66. The van der Waals surface area contributed by atoms with E-state index in [-0.39, 0.29) is 18.3 Å². The Hall–Kier alpha value is -4.23. The third-order valence-corrected chi connectivity index (χ3v) is 5.82. The zero-order valence-electron chi connectivity index (χ0n) is 18.6. The van der Waals surface area contributed by atoms with E-state index < -0.39 is 5.97 Å². The van der Waals surface area contributed by atoms with Crippen LogP contribution in [0.25, 0.3) is 11.1 Å². The van der Waals surface area contributed by atoms with Crippen LogP contribution in [0.3, 0.4) is 0 Å². The van der Waals surface area contributed by atoms with E-state index in [9.17, 15) is 9.59 Å². The van der Waals surface area contributed by atoms with Crippen LogP contribution in [0.5, 0.6) is 0 Å². The van der Waals surface area contributed by atoms with Crippen molar-refractivity contribution in [3.63, 3.8) is 0 Å². The van der Waals surface area contributed by atoms with Gasteiger partial charge >= 0.3 is 5.97 Å². The van der Waals surface area contributed by atoms with Crippen molar-refractivity contribution in [2.75, 3.05) is 5.32 Å². The van der Waals surface area contributed by atoms with Gasteiger partial charge in [0.2, 0.25) is 0 Å². The highest BCUT2D eigenvalue weighted by molar-refractivity contribution is 9.10. The molecule has 0 heterocycles. The number of benzene rings is 4. The topological polar surface area (TPSA) is 105 Å². The van der Waals surface area contributed by atoms with Crippen LogP contribution >= 0.6 is 15.9 Å². The summed E-state index contributed by atoms with van der Waals surface area (Å²) in [5, 5.41) is 10.4. The normalized spacial score (nSPS) is 10.4. The number of nitrogen functional groups attached to an aromatic ring is 1. The molecule has 35 heavy (non-hydrogen) atoms. The molecular weight excluding hydrogens is 506 g/mol. The SMILES string of the molecule is N=C(N)c1ccc(NC(=O)c2ccccc2-c2ccc(Br)cc2C(=O)OCc2ccccc2)cc1. The van der Waals surface area contributed by atoms with Crippen LogP contribution in [0.15, 0.2) is 102 Å². The maximum absolute atomic E-state index is 13.2. The minimum atomic E-state index is -0.486. The molecule has 0 saturated carbocycles. The zero-order valence-corrected chi connectivity index (χ0v) is 20.2. The average molecular weight is 528 g/mol. The summed E-state index contributed by atoms with van der Waals surface area (Å²) in [5.74, 6) is -0.863. The lowest BCUT2D eigenvalue weighted by molar-refractivity contribution is 0.0473. The van der Waals surface area contributed by atoms with Gasteiger partial charge in [0, 0.05) is 21.3 Å². The van der Waals surface area contributed by atoms with Crippen molar-refractivity contribution in [2.45, 2.75) is 6.61 Å². The maximum atomic E-state index is 13.2. The molecule has 0 aromatic heterocycles. The molecule has 4 rings (SSSR count). The van der Waals surface area contributed by atoms with E-state index in [1.807, 2.05) is 42.5 Å². The molecule has 0 aliphatic carbocycles. The molecule has 4 aromatic carbocycles. The fourth-order valence-electron chi connectivity index (χ4n) is 3.57. The van der Waals surface area contributed by atoms with Crippen LogP contribution in [0.1, 0.15) is 31.8 Å². The molecule has 0 atom stereocenters. The lowest BCUT2D eigenvalue weighted by atomic mass is 9.95. The largest absolute Gasteiger partial charge is 0.457 e. The summed E-state index contributed by atoms with van der Waals surface area (Å²) < 4.78 is 6.29. The first kappa shape index (κ1) is 23.9. The minimum absolute atomic E-state index is 0.0462. The number of carbonyl (C=O) groups excluding carboxylic acids is 2. The van der Waals surface area contributed by atoms with Gasteiger partial charge in [0.15, 0.2) is 0 Å². The second-order valence-electron chi connectivity index (χ2n) is 7.74. The summed E-state index contributed by atoms with van der Waals surface area (Å²) in [4.78, 5) is 26.2. The molecule has 0 unspecified atom stereocenters. The second kappa shape index (κ2) is 10.8. The Balaban J connectivity index is 1.62. The van der Waals surface area contributed by atoms with Crippen LogP contribution in [0, 0.1) is 5.41 Å². The number of anilines is 1. The number of halogens is 1. The minimum Gasteiger partial charge on any atom is -0.457 e. The van der Waals surface area contributed by atoms with Crippen LogP contribution in [-0.2, 0) is 11.3 Å². The Bertz CT molecular complexity index is 1390. The van der Waals surface area contributed by atoms with Crippen LogP contribution in [0.4, 0.5) is 5.69 Å². The van der Waals surface area contributed by atoms with Gasteiger partial charge in [-0.3, -0.25) is 10.2 Å². The summed E-state index contributed by atoms with van der Waals surface area (Å²) in [6, 6.07) is 28.5. The van der Waals surface area contributed by atoms with Crippen molar-refractivity contribution < 1.29 is 14.3 Å². The number of nitrogens with one attached hydrogen (secondary N) is 2. The number of ether oxygens (including phenoxy) is 1. The third kappa shape index (κ3) is 5.83. The lowest BCUT2D eigenvalue weighted by Gasteiger charge is -2.14. The summed E-state index contributed by atoms with van der Waals surface area (Å²) in [6.45, 7) is 0.143. The predicted molar refractivity (Wildman–Crippen MR) is 141 cm³/mol. The van der Waals surface area contributed by atoms with Crippen LogP contribution < -0.4 is 11.1 Å². The molecule has 4 aromatic rings. The van der Waals surface area contributed by atoms with Gasteiger partial charge in [-0.15, -0.1) is 0 Å². The number of nitrogens with two attached hydrogens (primary N) is 1. The Morgan fingerprint density at radius 2 is 1.49 bits per heavy atom. The quantitative estimate of drug-likeness (QED) is 0.155. The van der Waals surface area contributed by atoms with Crippen molar-refractivity contribution in [3.8, 4) is 11.1 Å². The van der Waals surface area contributed by atoms with Gasteiger partial charge in [0.25, 0.3) is 5.91 Å². The van der Waals surface area contributed by atoms with Crippen LogP contribution in [-0.4, -0.2) is 17.7 Å². The van der Waals surface area contributed by atoms with E-state index in [4.69, 9.17) is 15.9 Å². The van der Waals surface area contributed by atoms with Gasteiger partial charge in [-0.1, -0.05) is 70.5 Å². The third-order valence-electron chi connectivity index (χ3n) is 5.33. The molecule has 4 N–H and O–H groups in total. The molecule has 0 saturated heterocycles. The van der Waals surface area contributed by atoms with Gasteiger partial charge in [0.1, 0.15) is 12.4 Å². The zero-order chi connectivity index (χ0) is 24.8. The fourth-order valence-corrected chi connectivity index (χ4v) is 3.93. The molecular formula is C28H22BrN3O3. The first-order valence-electron chi connectivity index (χ1n) is 10.8. The number of hydrogen-bond donors (Lipinski definition) is 3. The first-order valence-corrected chi connectivity index (χ1v) is 11.6. The fraction of sp³-hybridized carbons (Fsp3) is 0.0357. The molecule has 0 radical (unpaired) electrons. The molecule has 174 valence electrons. The van der Waals surface area contributed by atoms with E-state index >= 15 is 0 Å². The van der Waals surface area contributed by atoms with Crippen LogP contribution in [0.2, 0.25) is 0 Å². The number of amides is 1. The van der Waals surface area contributed by atoms with E-state index in [1.165, 1.54) is 0 Å². The number of rotatable bonds is 7. The van der Waals surface area contributed by atoms with Gasteiger partial charge in [0.05, 0.1) is 5.56 Å². The molecule has 0 aliphatic heterocycles. The van der Waals surface area contributed by atoms with Crippen molar-refractivity contribution in [1.82, 2.24) is 0 Å². The van der Waals surface area contributed by atoms with Gasteiger partial charge in [-0.25, -0.2) is 4.79 Å². The van der Waals surface area contributed by atoms with E-state index in [0.29, 0.717) is 33.5 Å². The molecule has 1 amide bonds. The van der Waals surface area contributed by atoms with Gasteiger partial charge in [-0.05, 0) is 59.2 Å². The van der Waals surface area contributed by atoms with E-state index in [2.05, 4.69) is 21.2 Å². The molecule has 7 heteroatoms. The average Bonchev–Trinajstić information content (AvgIpc) is 2.88. The number of hydrogen-bond acceptors (Lipinski definition) is 4. The Kier molecular flexibility index (Phi) is 7.38. The van der Waals surface area contributed by atoms with E-state index in [0.717, 1.165) is 10.0 Å². The number of amidine groups is 1. The maximum Gasteiger partial charge on any atom is 0.339 e. The Morgan fingerprint density at radius 1 is 0.829 bits per heavy atom. The number of esters is 1. The highest BCUT2D eigenvalue weighted by Gasteiger charge is 2.20. The van der Waals surface area contributed by atoms with E-state index in [1.54, 1.807) is 54.6 Å². The summed E-state index contributed by atoms with van der Waals surface area (Å²) in [7, 11) is 0. The Morgan fingerprint density at radius 3 is 2.20 bits per heavy atom. The molecule has 0 spiro atoms. The van der Waals surface area contributed by atoms with Crippen molar-refractivity contribution in [3.05, 3.63) is 124 Å². The molecule has 0 bridgehead atoms. The summed E-state index contributed by atoms with van der Waals surface area (Å²) >= 11 is 3.43. The molecule has 6 nitrogen and oxygen atoms in total. The Labute approximate surface area is 211 Å². The highest BCUT2D eigenvalue weighted by atomic mass is 79.9. The predicted octanol–water partition coefficient (Wildman–Crippen LogP) is 6.01. The smallest absolute Gasteiger partial charge is 0.339 e. The standard InChI is InChI=1S/C28H22BrN3O3/c29-20-12-15-23(25(16-20)28(34)35-17-18-6-2-1-3-7-18)22-8-4-5-9-24(22)27(33)32-21-13-10-19(11-14-21)26(30)31/h1-16H,17H2,(H3,30,31)(H,32,33). The lowest BCUT2D eigenvalue weighted by Crippen LogP contribution is -2.15. The van der Waals surface area contributed by atoms with Gasteiger partial charge in [-0.2, -0.15) is 0 Å². The highest BCUT2D eigenvalue weighted by Crippen LogP contribution is 2.31. The molecule has 0 fully saturated rings.